The monoisotopic (exact) mass is 324 g/mol. The molecule has 1 aliphatic heterocycles. The maximum absolute atomic E-state index is 5.04. The lowest BCUT2D eigenvalue weighted by atomic mass is 9.97. The molecule has 1 fully saturated rings. The highest BCUT2D eigenvalue weighted by Gasteiger charge is 2.19. The van der Waals surface area contributed by atoms with Gasteiger partial charge in [0, 0.05) is 38.7 Å². The largest absolute Gasteiger partial charge is 0.383 e. The minimum absolute atomic E-state index is 0.696. The molecule has 0 radical (unpaired) electrons. The topological polar surface area (TPSA) is 48.9 Å². The quantitative estimate of drug-likeness (QED) is 0.456. The summed E-state index contributed by atoms with van der Waals surface area (Å²) in [5, 5.41) is 8.84. The molecule has 0 aromatic carbocycles. The van der Waals surface area contributed by atoms with E-state index < -0.39 is 0 Å². The normalized spacial score (nSPS) is 17.6. The van der Waals surface area contributed by atoms with Crippen LogP contribution in [0.2, 0.25) is 0 Å². The van der Waals surface area contributed by atoms with Crippen LogP contribution in [0, 0.1) is 5.92 Å². The number of nitrogens with one attached hydrogen (secondary N) is 2. The molecule has 5 nitrogen and oxygen atoms in total. The highest BCUT2D eigenvalue weighted by atomic mass is 32.1. The second-order valence-corrected chi connectivity index (χ2v) is 6.70. The van der Waals surface area contributed by atoms with Crippen molar-refractivity contribution in [3.63, 3.8) is 0 Å². The van der Waals surface area contributed by atoms with Crippen molar-refractivity contribution < 1.29 is 4.74 Å². The fourth-order valence-electron chi connectivity index (χ4n) is 2.70. The van der Waals surface area contributed by atoms with E-state index in [0.717, 1.165) is 31.5 Å². The first-order chi connectivity index (χ1) is 10.8. The van der Waals surface area contributed by atoms with Gasteiger partial charge in [0.15, 0.2) is 5.96 Å². The predicted molar refractivity (Wildman–Crippen MR) is 93.6 cm³/mol. The summed E-state index contributed by atoms with van der Waals surface area (Å²) in [4.78, 5) is 8.27. The molecule has 0 unspecified atom stereocenters. The van der Waals surface area contributed by atoms with Gasteiger partial charge in [-0.25, -0.2) is 0 Å². The summed E-state index contributed by atoms with van der Waals surface area (Å²) in [5.74, 6) is 1.61. The van der Waals surface area contributed by atoms with Gasteiger partial charge >= 0.3 is 0 Å². The Bertz CT molecular complexity index is 427. The van der Waals surface area contributed by atoms with E-state index in [2.05, 4.69) is 38.0 Å². The van der Waals surface area contributed by atoms with Crippen molar-refractivity contribution in [2.45, 2.75) is 19.4 Å². The van der Waals surface area contributed by atoms with Crippen molar-refractivity contribution in [1.82, 2.24) is 15.5 Å². The highest BCUT2D eigenvalue weighted by Crippen LogP contribution is 2.20. The van der Waals surface area contributed by atoms with E-state index in [0.29, 0.717) is 6.61 Å². The van der Waals surface area contributed by atoms with Gasteiger partial charge < -0.3 is 15.4 Å². The summed E-state index contributed by atoms with van der Waals surface area (Å²) in [7, 11) is 3.52. The molecule has 0 aliphatic carbocycles. The summed E-state index contributed by atoms with van der Waals surface area (Å²) < 4.78 is 5.04. The number of hydrogen-bond donors (Lipinski definition) is 2. The fraction of sp³-hybridized carbons (Fsp3) is 0.688. The smallest absolute Gasteiger partial charge is 0.191 e. The lowest BCUT2D eigenvalue weighted by Gasteiger charge is -2.32. The Morgan fingerprint density at radius 2 is 2.23 bits per heavy atom. The Morgan fingerprint density at radius 1 is 1.41 bits per heavy atom. The van der Waals surface area contributed by atoms with E-state index in [1.165, 1.54) is 30.8 Å². The SMILES string of the molecule is CN=C(NCCOC)NCC1CCN(Cc2cccs2)CC1. The number of methoxy groups -OCH3 is 1. The standard InChI is InChI=1S/C16H28N4OS/c1-17-16(18-7-10-21-2)19-12-14-5-8-20(9-6-14)13-15-4-3-11-22-15/h3-4,11,14H,5-10,12-13H2,1-2H3,(H2,17,18,19). The Kier molecular flexibility index (Phi) is 7.70. The number of aliphatic imine (C=N–C) groups is 1. The summed E-state index contributed by atoms with van der Waals surface area (Å²) in [6, 6.07) is 4.37. The van der Waals surface area contributed by atoms with Gasteiger partial charge in [0.05, 0.1) is 6.61 Å². The van der Waals surface area contributed by atoms with Crippen molar-refractivity contribution >= 4 is 17.3 Å². The number of rotatable bonds is 7. The molecule has 0 saturated carbocycles. The molecule has 1 aromatic heterocycles. The molecule has 2 heterocycles. The van der Waals surface area contributed by atoms with Gasteiger partial charge in [0.1, 0.15) is 0 Å². The molecule has 22 heavy (non-hydrogen) atoms. The van der Waals surface area contributed by atoms with Crippen LogP contribution in [0.1, 0.15) is 17.7 Å². The molecular weight excluding hydrogens is 296 g/mol. The number of nitrogens with zero attached hydrogens (tertiary/aromatic N) is 2. The van der Waals surface area contributed by atoms with Crippen molar-refractivity contribution in [3.8, 4) is 0 Å². The highest BCUT2D eigenvalue weighted by molar-refractivity contribution is 7.09. The molecule has 0 bridgehead atoms. The van der Waals surface area contributed by atoms with Crippen molar-refractivity contribution in [2.75, 3.05) is 46.9 Å². The van der Waals surface area contributed by atoms with Crippen LogP contribution in [0.4, 0.5) is 0 Å². The van der Waals surface area contributed by atoms with Crippen molar-refractivity contribution in [2.24, 2.45) is 10.9 Å². The van der Waals surface area contributed by atoms with Gasteiger partial charge in [-0.15, -0.1) is 11.3 Å². The van der Waals surface area contributed by atoms with Crippen molar-refractivity contribution in [3.05, 3.63) is 22.4 Å². The zero-order valence-corrected chi connectivity index (χ0v) is 14.5. The van der Waals surface area contributed by atoms with Gasteiger partial charge in [0.25, 0.3) is 0 Å². The lowest BCUT2D eigenvalue weighted by molar-refractivity contribution is 0.179. The summed E-state index contributed by atoms with van der Waals surface area (Å²) in [6.07, 6.45) is 2.51. The molecule has 6 heteroatoms. The number of piperidine rings is 1. The van der Waals surface area contributed by atoms with Gasteiger partial charge in [-0.05, 0) is 43.3 Å². The van der Waals surface area contributed by atoms with E-state index in [1.54, 1.807) is 7.11 Å². The van der Waals surface area contributed by atoms with E-state index in [4.69, 9.17) is 4.74 Å². The molecule has 1 aliphatic rings. The number of likely N-dealkylation sites (tertiary alicyclic amines) is 1. The number of thiophene rings is 1. The van der Waals surface area contributed by atoms with Crippen LogP contribution in [0.3, 0.4) is 0 Å². The number of ether oxygens (including phenoxy) is 1. The third-order valence-corrected chi connectivity index (χ3v) is 4.91. The Morgan fingerprint density at radius 3 is 2.86 bits per heavy atom. The minimum Gasteiger partial charge on any atom is -0.383 e. The zero-order valence-electron chi connectivity index (χ0n) is 13.7. The van der Waals surface area contributed by atoms with E-state index in [-0.39, 0.29) is 0 Å². The third kappa shape index (κ3) is 5.94. The van der Waals surface area contributed by atoms with E-state index in [9.17, 15) is 0 Å². The summed E-state index contributed by atoms with van der Waals surface area (Å²) in [5.41, 5.74) is 0. The molecule has 1 saturated heterocycles. The minimum atomic E-state index is 0.696. The fourth-order valence-corrected chi connectivity index (χ4v) is 3.45. The average Bonchev–Trinajstić information content (AvgIpc) is 3.05. The molecule has 0 spiro atoms. The predicted octanol–water partition coefficient (Wildman–Crippen LogP) is 1.77. The van der Waals surface area contributed by atoms with Gasteiger partial charge in [-0.2, -0.15) is 0 Å². The van der Waals surface area contributed by atoms with Crippen LogP contribution in [0.25, 0.3) is 0 Å². The van der Waals surface area contributed by atoms with Crippen LogP contribution < -0.4 is 10.6 Å². The summed E-state index contributed by atoms with van der Waals surface area (Å²) >= 11 is 1.86. The molecular formula is C16H28N4OS. The molecule has 124 valence electrons. The summed E-state index contributed by atoms with van der Waals surface area (Å²) in [6.45, 7) is 5.98. The first-order valence-corrected chi connectivity index (χ1v) is 8.88. The van der Waals surface area contributed by atoms with E-state index >= 15 is 0 Å². The third-order valence-electron chi connectivity index (χ3n) is 4.05. The first kappa shape index (κ1) is 17.2. The van der Waals surface area contributed by atoms with Crippen LogP contribution >= 0.6 is 11.3 Å². The van der Waals surface area contributed by atoms with Crippen LogP contribution in [-0.4, -0.2) is 57.8 Å². The number of guanidine groups is 1. The lowest BCUT2D eigenvalue weighted by Crippen LogP contribution is -2.43. The zero-order chi connectivity index (χ0) is 15.6. The number of hydrogen-bond acceptors (Lipinski definition) is 4. The van der Waals surface area contributed by atoms with Crippen LogP contribution in [0.15, 0.2) is 22.5 Å². The van der Waals surface area contributed by atoms with Gasteiger partial charge in [-0.1, -0.05) is 6.07 Å². The molecule has 2 N–H and O–H groups in total. The van der Waals surface area contributed by atoms with Crippen LogP contribution in [-0.2, 0) is 11.3 Å². The molecule has 1 aromatic rings. The maximum atomic E-state index is 5.04. The Hall–Kier alpha value is -1.11. The van der Waals surface area contributed by atoms with Gasteiger partial charge in [0.2, 0.25) is 0 Å². The average molecular weight is 324 g/mol. The molecule has 2 rings (SSSR count). The van der Waals surface area contributed by atoms with E-state index in [1.807, 2.05) is 18.4 Å². The molecule has 0 amide bonds. The Labute approximate surface area is 137 Å². The first-order valence-electron chi connectivity index (χ1n) is 8.00. The Balaban J connectivity index is 1.62. The van der Waals surface area contributed by atoms with Gasteiger partial charge in [-0.3, -0.25) is 9.89 Å². The molecule has 0 atom stereocenters. The second-order valence-electron chi connectivity index (χ2n) is 5.67. The van der Waals surface area contributed by atoms with Crippen molar-refractivity contribution in [1.29, 1.82) is 0 Å². The maximum Gasteiger partial charge on any atom is 0.191 e. The van der Waals surface area contributed by atoms with Crippen LogP contribution in [0.5, 0.6) is 0 Å². The second kappa shape index (κ2) is 9.82.